The molecule has 2 heterocycles. The Morgan fingerprint density at radius 3 is 2.35 bits per heavy atom. The van der Waals surface area contributed by atoms with Crippen LogP contribution in [0.2, 0.25) is 10.0 Å². The fourth-order valence-electron chi connectivity index (χ4n) is 3.30. The number of phenolic OH excluding ortho intramolecular Hbond substituents is 1. The summed E-state index contributed by atoms with van der Waals surface area (Å²) in [5.74, 6) is -1.80. The molecule has 0 saturated carbocycles. The zero-order chi connectivity index (χ0) is 27.3. The Morgan fingerprint density at radius 2 is 1.78 bits per heavy atom. The number of aromatic amines is 1. The predicted octanol–water partition coefficient (Wildman–Crippen LogP) is 1.74. The third-order valence-electron chi connectivity index (χ3n) is 4.96. The van der Waals surface area contributed by atoms with Crippen molar-refractivity contribution >= 4 is 43.1 Å². The number of nitrogens with zero attached hydrogens (tertiary/aromatic N) is 2. The summed E-state index contributed by atoms with van der Waals surface area (Å²) < 4.78 is 82.1. The number of sulfone groups is 1. The van der Waals surface area contributed by atoms with Crippen molar-refractivity contribution in [3.63, 3.8) is 0 Å². The van der Waals surface area contributed by atoms with Crippen molar-refractivity contribution in [1.29, 1.82) is 0 Å². The van der Waals surface area contributed by atoms with Crippen molar-refractivity contribution in [1.82, 2.24) is 19.5 Å². The number of aromatic nitrogens is 3. The summed E-state index contributed by atoms with van der Waals surface area (Å²) in [5.41, 5.74) is -3.91. The maximum absolute atomic E-state index is 13.0. The summed E-state index contributed by atoms with van der Waals surface area (Å²) in [6.07, 6.45) is -3.27. The molecule has 2 aromatic carbocycles. The Kier molecular flexibility index (Phi) is 7.06. The van der Waals surface area contributed by atoms with Crippen LogP contribution in [0.25, 0.3) is 5.69 Å². The zero-order valence-corrected chi connectivity index (χ0v) is 21.1. The number of ether oxygens (including phenoxy) is 1. The monoisotopic (exact) mass is 598 g/mol. The number of alkyl halides is 2. The zero-order valence-electron chi connectivity index (χ0n) is 18.0. The van der Waals surface area contributed by atoms with E-state index >= 15 is 0 Å². The van der Waals surface area contributed by atoms with Crippen LogP contribution in [-0.4, -0.2) is 54.3 Å². The number of hydrogen-bond acceptors (Lipinski definition) is 9. The van der Waals surface area contributed by atoms with Gasteiger partial charge in [-0.2, -0.15) is 9.78 Å². The average molecular weight is 599 g/mol. The first-order chi connectivity index (χ1) is 17.2. The third-order valence-corrected chi connectivity index (χ3v) is 8.89. The van der Waals surface area contributed by atoms with Gasteiger partial charge < -0.3 is 9.84 Å². The maximum Gasteiger partial charge on any atom is 0.349 e. The van der Waals surface area contributed by atoms with Crippen molar-refractivity contribution in [2.75, 3.05) is 11.5 Å². The minimum absolute atomic E-state index is 0.157. The highest BCUT2D eigenvalue weighted by Crippen LogP contribution is 2.39. The van der Waals surface area contributed by atoms with E-state index in [4.69, 9.17) is 27.9 Å². The first-order valence-corrected chi connectivity index (χ1v) is 14.0. The van der Waals surface area contributed by atoms with E-state index in [-0.39, 0.29) is 38.7 Å². The number of aromatic hydroxyl groups is 1. The van der Waals surface area contributed by atoms with E-state index in [0.717, 1.165) is 24.3 Å². The van der Waals surface area contributed by atoms with Gasteiger partial charge in [0.1, 0.15) is 16.4 Å². The molecular formula is C19H14Cl2F2N4O8S2. The van der Waals surface area contributed by atoms with Gasteiger partial charge in [0, 0.05) is 12.1 Å². The van der Waals surface area contributed by atoms with Gasteiger partial charge in [-0.15, -0.1) is 0 Å². The van der Waals surface area contributed by atoms with Crippen molar-refractivity contribution in [2.24, 2.45) is 0 Å². The molecule has 0 spiro atoms. The Morgan fingerprint density at radius 1 is 1.16 bits per heavy atom. The summed E-state index contributed by atoms with van der Waals surface area (Å²) >= 11 is 12.4. The highest BCUT2D eigenvalue weighted by Gasteiger charge is 2.37. The number of hydrogen-bond donors (Lipinski definition) is 3. The molecule has 3 N–H and O–H groups in total. The van der Waals surface area contributed by atoms with Crippen molar-refractivity contribution in [3.8, 4) is 22.9 Å². The second-order valence-corrected chi connectivity index (χ2v) is 12.4. The number of benzene rings is 2. The topological polar surface area (TPSA) is 178 Å². The van der Waals surface area contributed by atoms with Crippen molar-refractivity contribution in [3.05, 3.63) is 66.9 Å². The summed E-state index contributed by atoms with van der Waals surface area (Å²) in [7, 11) is -7.66. The molecule has 37 heavy (non-hydrogen) atoms. The van der Waals surface area contributed by atoms with E-state index < -0.39 is 59.9 Å². The van der Waals surface area contributed by atoms with Gasteiger partial charge in [0.05, 0.1) is 27.2 Å². The lowest BCUT2D eigenvalue weighted by molar-refractivity contribution is 0.141. The molecule has 0 aliphatic carbocycles. The van der Waals surface area contributed by atoms with Crippen LogP contribution in [0, 0.1) is 0 Å². The van der Waals surface area contributed by atoms with Gasteiger partial charge in [0.25, 0.3) is 12.0 Å². The Hall–Kier alpha value is -3.05. The molecule has 1 aliphatic heterocycles. The predicted molar refractivity (Wildman–Crippen MR) is 126 cm³/mol. The van der Waals surface area contributed by atoms with Crippen LogP contribution >= 0.6 is 23.2 Å². The van der Waals surface area contributed by atoms with Gasteiger partial charge in [-0.1, -0.05) is 23.2 Å². The summed E-state index contributed by atoms with van der Waals surface area (Å²) in [6, 6.07) is 4.42. The molecule has 0 radical (unpaired) electrons. The molecule has 198 valence electrons. The highest BCUT2D eigenvalue weighted by molar-refractivity contribution is 7.93. The standard InChI is InChI=1S/C19H14Cl2F2N4O8S2/c20-11-3-9(27-19(30)24-18(29)15(25-27)17(22)23)4-12(21)16(11)35-10-1-2-13(28)14(5-10)37(33,34)26-8-6-36(31,32)7-8/h1-5,8,17,26,28H,6-7H2,(H,24,29,30). The largest absolute Gasteiger partial charge is 0.507 e. The lowest BCUT2D eigenvalue weighted by Crippen LogP contribution is -2.52. The number of halogens is 4. The van der Waals surface area contributed by atoms with Crippen molar-refractivity contribution in [2.45, 2.75) is 17.4 Å². The van der Waals surface area contributed by atoms with Gasteiger partial charge in [-0.25, -0.2) is 35.1 Å². The quantitative estimate of drug-likeness (QED) is 0.365. The summed E-state index contributed by atoms with van der Waals surface area (Å²) in [4.78, 5) is 24.7. The Labute approximate surface area is 216 Å². The van der Waals surface area contributed by atoms with E-state index in [9.17, 15) is 40.3 Å². The van der Waals surface area contributed by atoms with Gasteiger partial charge in [0.2, 0.25) is 10.0 Å². The Balaban J connectivity index is 1.65. The smallest absolute Gasteiger partial charge is 0.349 e. The molecule has 1 saturated heterocycles. The molecular weight excluding hydrogens is 585 g/mol. The molecule has 0 atom stereocenters. The minimum Gasteiger partial charge on any atom is -0.507 e. The van der Waals surface area contributed by atoms with Crippen LogP contribution in [0.1, 0.15) is 12.1 Å². The van der Waals surface area contributed by atoms with Crippen LogP contribution in [0.15, 0.2) is 44.8 Å². The lowest BCUT2D eigenvalue weighted by atomic mass is 10.3. The van der Waals surface area contributed by atoms with Crippen molar-refractivity contribution < 1.29 is 35.5 Å². The lowest BCUT2D eigenvalue weighted by Gasteiger charge is -2.26. The minimum atomic E-state index is -4.35. The van der Waals surface area contributed by atoms with Gasteiger partial charge in [0.15, 0.2) is 21.3 Å². The van der Waals surface area contributed by atoms with Crippen LogP contribution in [0.5, 0.6) is 17.2 Å². The molecule has 4 rings (SSSR count). The molecule has 18 heteroatoms. The number of nitrogens with one attached hydrogen (secondary N) is 2. The molecule has 1 aromatic heterocycles. The summed E-state index contributed by atoms with van der Waals surface area (Å²) in [6.45, 7) is 0. The fraction of sp³-hybridized carbons (Fsp3) is 0.211. The first kappa shape index (κ1) is 27.0. The average Bonchev–Trinajstić information content (AvgIpc) is 2.75. The molecule has 0 amide bonds. The first-order valence-electron chi connectivity index (χ1n) is 9.91. The number of sulfonamides is 1. The van der Waals surface area contributed by atoms with Crippen LogP contribution < -0.4 is 20.7 Å². The van der Waals surface area contributed by atoms with Crippen LogP contribution in [0.3, 0.4) is 0 Å². The molecule has 12 nitrogen and oxygen atoms in total. The van der Waals surface area contributed by atoms with Gasteiger partial charge >= 0.3 is 5.69 Å². The van der Waals surface area contributed by atoms with Crippen LogP contribution in [-0.2, 0) is 19.9 Å². The van der Waals surface area contributed by atoms with Crippen LogP contribution in [0.4, 0.5) is 8.78 Å². The Bertz CT molecular complexity index is 1710. The summed E-state index contributed by atoms with van der Waals surface area (Å²) in [5, 5.41) is 12.9. The van der Waals surface area contributed by atoms with Gasteiger partial charge in [-0.05, 0) is 24.3 Å². The van der Waals surface area contributed by atoms with E-state index in [1.165, 1.54) is 6.07 Å². The van der Waals surface area contributed by atoms with Gasteiger partial charge in [-0.3, -0.25) is 9.78 Å². The fourth-order valence-corrected chi connectivity index (χ4v) is 6.71. The number of rotatable bonds is 7. The third kappa shape index (κ3) is 5.62. The molecule has 1 fully saturated rings. The van der Waals surface area contributed by atoms with E-state index in [0.29, 0.717) is 4.68 Å². The molecule has 3 aromatic rings. The van der Waals surface area contributed by atoms with E-state index in [1.807, 2.05) is 0 Å². The molecule has 0 unspecified atom stereocenters. The SMILES string of the molecule is O=c1[nH]c(=O)n(-c2cc(Cl)c(Oc3ccc(O)c(S(=O)(=O)NC4CS(=O)(=O)C4)c3)c(Cl)c2)nc1C(F)F. The maximum atomic E-state index is 13.0. The number of H-pyrrole nitrogens is 1. The second kappa shape index (κ2) is 9.68. The molecule has 0 bridgehead atoms. The van der Waals surface area contributed by atoms with E-state index in [2.05, 4.69) is 9.82 Å². The normalized spacial score (nSPS) is 15.5. The number of phenols is 1. The second-order valence-electron chi connectivity index (χ2n) is 7.72. The van der Waals surface area contributed by atoms with E-state index in [1.54, 1.807) is 4.98 Å². The highest BCUT2D eigenvalue weighted by atomic mass is 35.5. The molecule has 1 aliphatic rings.